The number of carbonyl (C=O) groups excluding carboxylic acids is 2. The van der Waals surface area contributed by atoms with Crippen LogP contribution in [0.5, 0.6) is 5.75 Å². The van der Waals surface area contributed by atoms with Gasteiger partial charge in [-0.25, -0.2) is 4.98 Å². The van der Waals surface area contributed by atoms with E-state index in [0.717, 1.165) is 67.4 Å². The number of pyridine rings is 1. The lowest BCUT2D eigenvalue weighted by Crippen LogP contribution is -2.48. The summed E-state index contributed by atoms with van der Waals surface area (Å²) in [5.74, 6) is 3.01. The average Bonchev–Trinajstić information content (AvgIpc) is 3.42. The van der Waals surface area contributed by atoms with Crippen molar-refractivity contribution in [3.63, 3.8) is 0 Å². The van der Waals surface area contributed by atoms with Crippen molar-refractivity contribution in [1.29, 1.82) is 0 Å². The number of hydrogen-bond acceptors (Lipinski definition) is 6. The largest absolute Gasteiger partial charge is 0.497 e. The van der Waals surface area contributed by atoms with Gasteiger partial charge < -0.3 is 15.0 Å². The zero-order valence-electron chi connectivity index (χ0n) is 21.8. The first-order valence-electron chi connectivity index (χ1n) is 13.2. The molecule has 1 aromatic carbocycles. The van der Waals surface area contributed by atoms with E-state index in [-0.39, 0.29) is 29.9 Å². The molecule has 1 fully saturated rings. The fourth-order valence-electron chi connectivity index (χ4n) is 5.25. The molecule has 2 unspecified atom stereocenters. The van der Waals surface area contributed by atoms with Crippen molar-refractivity contribution in [3.05, 3.63) is 75.0 Å². The lowest BCUT2D eigenvalue weighted by atomic mass is 9.83. The van der Waals surface area contributed by atoms with Crippen LogP contribution in [-0.4, -0.2) is 45.9 Å². The fourth-order valence-corrected chi connectivity index (χ4v) is 5.85. The Hall–Kier alpha value is -3.70. The quantitative estimate of drug-likeness (QED) is 0.409. The molecule has 196 valence electrons. The Morgan fingerprint density at radius 3 is 2.71 bits per heavy atom. The standard InChI is InChI=1S/C30H32N4O3S/c1-4-6-10-22-15-20-16-23(37-3)12-13-24(20)28(34(22)30(36)26-18-38-27(5-2)33-26)19-11-14-25(31-17-19)29(35)32-21-8-7-9-21/h2,11-14,16-18,21-22,28H,4,6-10,15H2,1,3H3,(H,32,35). The van der Waals surface area contributed by atoms with Gasteiger partial charge in [0, 0.05) is 23.7 Å². The summed E-state index contributed by atoms with van der Waals surface area (Å²) in [7, 11) is 1.66. The van der Waals surface area contributed by atoms with Gasteiger partial charge in [0.2, 0.25) is 0 Å². The van der Waals surface area contributed by atoms with Crippen molar-refractivity contribution < 1.29 is 14.3 Å². The highest BCUT2D eigenvalue weighted by Crippen LogP contribution is 2.41. The van der Waals surface area contributed by atoms with Crippen LogP contribution in [0.1, 0.15) is 94.2 Å². The van der Waals surface area contributed by atoms with E-state index in [0.29, 0.717) is 16.4 Å². The number of ether oxygens (including phenoxy) is 1. The number of nitrogens with one attached hydrogen (secondary N) is 1. The Labute approximate surface area is 227 Å². The van der Waals surface area contributed by atoms with E-state index >= 15 is 0 Å². The summed E-state index contributed by atoms with van der Waals surface area (Å²) in [5.41, 5.74) is 3.75. The summed E-state index contributed by atoms with van der Waals surface area (Å²) in [6.45, 7) is 2.15. The molecule has 2 amide bonds. The number of rotatable bonds is 8. The van der Waals surface area contributed by atoms with Crippen LogP contribution in [0.2, 0.25) is 0 Å². The van der Waals surface area contributed by atoms with Gasteiger partial charge in [0.15, 0.2) is 5.01 Å². The Morgan fingerprint density at radius 2 is 2.08 bits per heavy atom. The van der Waals surface area contributed by atoms with Crippen molar-refractivity contribution in [2.45, 2.75) is 70.0 Å². The number of unbranched alkanes of at least 4 members (excludes halogenated alkanes) is 1. The molecule has 5 rings (SSSR count). The number of hydrogen-bond donors (Lipinski definition) is 1. The normalized spacial score (nSPS) is 18.7. The van der Waals surface area contributed by atoms with Crippen LogP contribution >= 0.6 is 11.3 Å². The summed E-state index contributed by atoms with van der Waals surface area (Å²) in [5, 5.41) is 5.27. The summed E-state index contributed by atoms with van der Waals surface area (Å²) < 4.78 is 5.52. The molecular formula is C30H32N4O3S. The minimum atomic E-state index is -0.383. The van der Waals surface area contributed by atoms with E-state index in [9.17, 15) is 9.59 Å². The van der Waals surface area contributed by atoms with Gasteiger partial charge in [-0.15, -0.1) is 17.8 Å². The van der Waals surface area contributed by atoms with Crippen molar-refractivity contribution in [1.82, 2.24) is 20.2 Å². The molecule has 38 heavy (non-hydrogen) atoms. The van der Waals surface area contributed by atoms with Crippen LogP contribution in [0.3, 0.4) is 0 Å². The minimum Gasteiger partial charge on any atom is -0.497 e. The SMILES string of the molecule is C#Cc1nc(C(=O)N2C(CCCC)Cc3cc(OC)ccc3C2c2ccc(C(=O)NC3CCC3)nc2)cs1. The van der Waals surface area contributed by atoms with Gasteiger partial charge in [-0.1, -0.05) is 31.9 Å². The molecule has 2 aliphatic rings. The summed E-state index contributed by atoms with van der Waals surface area (Å²) in [6.07, 6.45) is 14.0. The van der Waals surface area contributed by atoms with Gasteiger partial charge in [0.25, 0.3) is 11.8 Å². The number of benzene rings is 1. The van der Waals surface area contributed by atoms with Gasteiger partial charge in [-0.2, -0.15) is 0 Å². The van der Waals surface area contributed by atoms with Crippen LogP contribution < -0.4 is 10.1 Å². The summed E-state index contributed by atoms with van der Waals surface area (Å²) in [4.78, 5) is 37.6. The minimum absolute atomic E-state index is 0.0374. The predicted molar refractivity (Wildman–Crippen MR) is 147 cm³/mol. The monoisotopic (exact) mass is 528 g/mol. The molecule has 1 saturated carbocycles. The molecule has 0 radical (unpaired) electrons. The number of amides is 2. The lowest BCUT2D eigenvalue weighted by Gasteiger charge is -2.43. The molecule has 8 heteroatoms. The molecule has 7 nitrogen and oxygen atoms in total. The molecule has 1 aliphatic carbocycles. The Balaban J connectivity index is 1.56. The zero-order chi connectivity index (χ0) is 26.6. The molecule has 1 aliphatic heterocycles. The van der Waals surface area contributed by atoms with Crippen molar-refractivity contribution in [3.8, 4) is 18.1 Å². The first-order chi connectivity index (χ1) is 18.5. The first-order valence-corrected chi connectivity index (χ1v) is 14.1. The Morgan fingerprint density at radius 1 is 1.24 bits per heavy atom. The van der Waals surface area contributed by atoms with Crippen LogP contribution in [0.25, 0.3) is 0 Å². The Bertz CT molecular complexity index is 1360. The van der Waals surface area contributed by atoms with Gasteiger partial charge in [0.1, 0.15) is 17.1 Å². The highest BCUT2D eigenvalue weighted by molar-refractivity contribution is 7.10. The third-order valence-electron chi connectivity index (χ3n) is 7.52. The van der Waals surface area contributed by atoms with Gasteiger partial charge in [0.05, 0.1) is 13.2 Å². The first kappa shape index (κ1) is 25.9. The molecular weight excluding hydrogens is 496 g/mol. The average molecular weight is 529 g/mol. The van der Waals surface area contributed by atoms with Crippen LogP contribution in [0, 0.1) is 12.3 Å². The van der Waals surface area contributed by atoms with E-state index in [1.807, 2.05) is 23.1 Å². The maximum Gasteiger partial charge on any atom is 0.274 e. The highest BCUT2D eigenvalue weighted by atomic mass is 32.1. The second kappa shape index (κ2) is 11.4. The van der Waals surface area contributed by atoms with E-state index in [2.05, 4.69) is 34.2 Å². The number of aromatic nitrogens is 2. The number of nitrogens with zero attached hydrogens (tertiary/aromatic N) is 3. The lowest BCUT2D eigenvalue weighted by molar-refractivity contribution is 0.0560. The van der Waals surface area contributed by atoms with Gasteiger partial charge in [-0.05, 0) is 72.9 Å². The molecule has 3 heterocycles. The third kappa shape index (κ3) is 5.16. The summed E-state index contributed by atoms with van der Waals surface area (Å²) in [6, 6.07) is 9.50. The number of terminal acetylenes is 1. The third-order valence-corrected chi connectivity index (χ3v) is 8.29. The smallest absolute Gasteiger partial charge is 0.274 e. The maximum atomic E-state index is 14.0. The fraction of sp³-hybridized carbons (Fsp3) is 0.400. The van der Waals surface area contributed by atoms with E-state index in [4.69, 9.17) is 11.2 Å². The molecule has 0 spiro atoms. The Kier molecular flexibility index (Phi) is 7.75. The molecule has 1 N–H and O–H groups in total. The number of fused-ring (bicyclic) bond motifs is 1. The maximum absolute atomic E-state index is 14.0. The zero-order valence-corrected chi connectivity index (χ0v) is 22.6. The van der Waals surface area contributed by atoms with Crippen LogP contribution in [-0.2, 0) is 6.42 Å². The molecule has 2 atom stereocenters. The number of thiazole rings is 1. The van der Waals surface area contributed by atoms with Crippen molar-refractivity contribution in [2.24, 2.45) is 0 Å². The predicted octanol–water partition coefficient (Wildman–Crippen LogP) is 5.16. The van der Waals surface area contributed by atoms with Crippen molar-refractivity contribution >= 4 is 23.2 Å². The molecule has 3 aromatic rings. The topological polar surface area (TPSA) is 84.4 Å². The summed E-state index contributed by atoms with van der Waals surface area (Å²) >= 11 is 1.30. The molecule has 0 bridgehead atoms. The number of methoxy groups -OCH3 is 1. The van der Waals surface area contributed by atoms with Crippen LogP contribution in [0.15, 0.2) is 41.9 Å². The van der Waals surface area contributed by atoms with Crippen molar-refractivity contribution in [2.75, 3.05) is 7.11 Å². The highest BCUT2D eigenvalue weighted by Gasteiger charge is 2.39. The molecule has 2 aromatic heterocycles. The van der Waals surface area contributed by atoms with E-state index in [1.165, 1.54) is 11.3 Å². The van der Waals surface area contributed by atoms with E-state index < -0.39 is 0 Å². The second-order valence-electron chi connectivity index (χ2n) is 9.94. The van der Waals surface area contributed by atoms with Crippen LogP contribution in [0.4, 0.5) is 0 Å². The van der Waals surface area contributed by atoms with E-state index in [1.54, 1.807) is 24.8 Å². The molecule has 0 saturated heterocycles. The van der Waals surface area contributed by atoms with Gasteiger partial charge >= 0.3 is 0 Å². The van der Waals surface area contributed by atoms with Gasteiger partial charge in [-0.3, -0.25) is 14.6 Å². The number of carbonyl (C=O) groups is 2. The second-order valence-corrected chi connectivity index (χ2v) is 10.8.